The predicted octanol–water partition coefficient (Wildman–Crippen LogP) is 4.31. The predicted molar refractivity (Wildman–Crippen MR) is 162 cm³/mol. The number of methoxy groups -OCH3 is 2. The summed E-state index contributed by atoms with van der Waals surface area (Å²) in [5.74, 6) is 6.47. The van der Waals surface area contributed by atoms with Gasteiger partial charge in [-0.05, 0) is 48.2 Å². The summed E-state index contributed by atoms with van der Waals surface area (Å²) in [4.78, 5) is 54.8. The molecule has 2 atom stereocenters. The van der Waals surface area contributed by atoms with Gasteiger partial charge in [-0.1, -0.05) is 30.0 Å². The van der Waals surface area contributed by atoms with Gasteiger partial charge < -0.3 is 40.5 Å². The van der Waals surface area contributed by atoms with Gasteiger partial charge in [-0.15, -0.1) is 0 Å². The molecule has 12 nitrogen and oxygen atoms in total. The Labute approximate surface area is 281 Å². The summed E-state index contributed by atoms with van der Waals surface area (Å²) >= 11 is 0. The van der Waals surface area contributed by atoms with E-state index in [9.17, 15) is 19.2 Å². The van der Waals surface area contributed by atoms with Crippen molar-refractivity contribution in [1.82, 2.24) is 19.9 Å². The molecule has 2 radical (unpaired) electrons. The second kappa shape index (κ2) is 19.6. The maximum absolute atomic E-state index is 10.7. The normalized spacial score (nSPS) is 10.6. The average molecular weight is 704 g/mol. The summed E-state index contributed by atoms with van der Waals surface area (Å²) in [5, 5.41) is 0. The first kappa shape index (κ1) is 38.4. The molecule has 0 aliphatic heterocycles. The summed E-state index contributed by atoms with van der Waals surface area (Å²) in [6.07, 6.45) is 1.52. The number of nitrogens with one attached hydrogen (secondary N) is 4. The minimum atomic E-state index is -0.995. The second-order valence-corrected chi connectivity index (χ2v) is 10.1. The molecule has 4 aromatic rings. The Bertz CT molecular complexity index is 1620. The quantitative estimate of drug-likeness (QED) is 0.174. The summed E-state index contributed by atoms with van der Waals surface area (Å²) in [6, 6.07) is 17.9. The van der Waals surface area contributed by atoms with Crippen molar-refractivity contribution in [1.29, 1.82) is 0 Å². The fourth-order valence-electron chi connectivity index (χ4n) is 3.75. The van der Waals surface area contributed by atoms with Gasteiger partial charge in [0, 0.05) is 22.4 Å². The number of hydrogen-bond donors (Lipinski definition) is 2. The van der Waals surface area contributed by atoms with E-state index < -0.39 is 12.2 Å². The van der Waals surface area contributed by atoms with Crippen molar-refractivity contribution < 1.29 is 65.8 Å². The molecule has 222 valence electrons. The number of aromatic nitrogens is 4. The number of hydrogen-bond acceptors (Lipinski definition) is 8. The van der Waals surface area contributed by atoms with Gasteiger partial charge in [-0.3, -0.25) is 9.59 Å². The minimum Gasteiger partial charge on any atom is -0.632 e. The zero-order valence-electron chi connectivity index (χ0n) is 23.3. The number of amides is 2. The molecule has 0 saturated carbocycles. The number of fused-ring (bicyclic) bond motifs is 3. The molecule has 2 amide bonds. The number of benzene rings is 2. The van der Waals surface area contributed by atoms with Crippen molar-refractivity contribution >= 4 is 52.5 Å². The van der Waals surface area contributed by atoms with E-state index in [0.717, 1.165) is 66.4 Å². The molecule has 2 aromatic heterocycles. The van der Waals surface area contributed by atoms with E-state index in [1.807, 2.05) is 42.4 Å². The second-order valence-electron chi connectivity index (χ2n) is 8.19. The number of carbonyl (C=O) groups excluding carboxylic acids is 4. The Morgan fingerprint density at radius 2 is 1.43 bits per heavy atom. The molecular formula is C28H24N6O6P2V2. The first-order chi connectivity index (χ1) is 20.3. The third-order valence-electron chi connectivity index (χ3n) is 5.62. The fraction of sp³-hybridized carbons (Fsp3) is 0.143. The smallest absolute Gasteiger partial charge is 0.632 e. The zero-order chi connectivity index (χ0) is 30.5. The van der Waals surface area contributed by atoms with E-state index in [1.165, 1.54) is 5.56 Å². The molecule has 1 aliphatic rings. The molecule has 2 heterocycles. The molecule has 16 heteroatoms. The van der Waals surface area contributed by atoms with Crippen LogP contribution in [-0.2, 0) is 69.0 Å². The van der Waals surface area contributed by atoms with Crippen LogP contribution in [0.5, 0.6) is 0 Å². The summed E-state index contributed by atoms with van der Waals surface area (Å²) in [7, 11) is 2.17. The fourth-order valence-corrected chi connectivity index (χ4v) is 4.65. The Hall–Kier alpha value is -3.67. The van der Waals surface area contributed by atoms with Crippen LogP contribution in [0, 0.1) is 11.8 Å². The van der Waals surface area contributed by atoms with Crippen LogP contribution in [0.2, 0.25) is 0 Å². The number of ether oxygens (including phenoxy) is 2. The van der Waals surface area contributed by atoms with Crippen molar-refractivity contribution in [3.63, 3.8) is 0 Å². The summed E-state index contributed by atoms with van der Waals surface area (Å²) in [6.45, 7) is 0. The molecule has 0 bridgehead atoms. The van der Waals surface area contributed by atoms with Gasteiger partial charge in [0.2, 0.25) is 12.2 Å². The van der Waals surface area contributed by atoms with Gasteiger partial charge in [0.15, 0.2) is 0 Å². The van der Waals surface area contributed by atoms with Crippen molar-refractivity contribution in [3.8, 4) is 34.4 Å². The van der Waals surface area contributed by atoms with Gasteiger partial charge in [0.05, 0.1) is 42.9 Å². The van der Waals surface area contributed by atoms with E-state index in [0.29, 0.717) is 11.1 Å². The number of carbonyl (C=O) groups is 2. The van der Waals surface area contributed by atoms with E-state index in [2.05, 4.69) is 53.4 Å². The number of H-pyrrole nitrogens is 2. The van der Waals surface area contributed by atoms with Crippen LogP contribution < -0.4 is 11.1 Å². The number of rotatable bonds is 5. The minimum absolute atomic E-state index is 0. The van der Waals surface area contributed by atoms with E-state index in [-0.39, 0.29) is 54.3 Å². The van der Waals surface area contributed by atoms with Gasteiger partial charge in [-0.25, -0.2) is 22.0 Å². The largest absolute Gasteiger partial charge is 2.00 e. The van der Waals surface area contributed by atoms with Crippen molar-refractivity contribution in [2.24, 2.45) is 0 Å². The molecule has 0 saturated heterocycles. The molecule has 44 heavy (non-hydrogen) atoms. The number of nitrogens with zero attached hydrogens (tertiary/aromatic N) is 2. The zero-order valence-corrected chi connectivity index (χ0v) is 28.1. The topological polar surface area (TPSA) is 192 Å². The van der Waals surface area contributed by atoms with Gasteiger partial charge in [0.1, 0.15) is 0 Å². The average Bonchev–Trinajstić information content (AvgIpc) is 3.64. The Morgan fingerprint density at radius 1 is 0.864 bits per heavy atom. The SMILES string of the molecule is COC([NH-])=O.COC([NH-])=O.O=[C-]Pc1ncc(-c2ccc(C#Cc3ccc4c(c3)CCc3[nH]c(P[C-]=O)nc3-4)cc2)[nH]1.[V+2].[V+2]. The first-order valence-electron chi connectivity index (χ1n) is 12.0. The Balaban J connectivity index is 0.000000705. The maximum atomic E-state index is 10.7. The summed E-state index contributed by atoms with van der Waals surface area (Å²) in [5.41, 5.74) is 21.3. The van der Waals surface area contributed by atoms with Crippen LogP contribution >= 0.6 is 17.2 Å². The van der Waals surface area contributed by atoms with Crippen LogP contribution in [-0.4, -0.2) is 58.4 Å². The molecule has 2 unspecified atom stereocenters. The number of aromatic amines is 2. The Kier molecular flexibility index (Phi) is 17.1. The molecule has 2 aromatic carbocycles. The first-order valence-corrected chi connectivity index (χ1v) is 14.0. The van der Waals surface area contributed by atoms with E-state index in [4.69, 9.17) is 11.5 Å². The molecular weight excluding hydrogens is 680 g/mol. The van der Waals surface area contributed by atoms with Crippen LogP contribution in [0.4, 0.5) is 9.59 Å². The van der Waals surface area contributed by atoms with Crippen LogP contribution in [0.25, 0.3) is 34.0 Å². The standard InChI is InChI=1S/C24H16N4O2P2.2C2H5NO2.2V/c29-13-31-23-25-12-21(27-23)17-6-3-15(4-7-17)1-2-16-5-9-19-18(11-16)8-10-20-22(19)28-24(26-20)32-14-30;2*1-5-2(3)4;;/h3-7,9,11-12,31-32H,8,10H2,(H,25,27)(H,26,28);2*1H3,(H2,3,4);;/q-2;;;2*+2/p-2. The van der Waals surface area contributed by atoms with Crippen LogP contribution in [0.1, 0.15) is 22.4 Å². The molecule has 0 spiro atoms. The van der Waals surface area contributed by atoms with Crippen molar-refractivity contribution in [2.45, 2.75) is 12.8 Å². The van der Waals surface area contributed by atoms with Gasteiger partial charge in [0.25, 0.3) is 0 Å². The third kappa shape index (κ3) is 11.4. The summed E-state index contributed by atoms with van der Waals surface area (Å²) < 4.78 is 7.56. The van der Waals surface area contributed by atoms with Crippen LogP contribution in [0.15, 0.2) is 48.7 Å². The molecule has 4 N–H and O–H groups in total. The number of aryl methyl sites for hydroxylation is 2. The maximum Gasteiger partial charge on any atom is 2.00 e. The molecule has 0 fully saturated rings. The molecule has 5 rings (SSSR count). The van der Waals surface area contributed by atoms with E-state index >= 15 is 0 Å². The Morgan fingerprint density at radius 3 is 2.02 bits per heavy atom. The third-order valence-corrected chi connectivity index (χ3v) is 6.78. The van der Waals surface area contributed by atoms with Crippen molar-refractivity contribution in [2.75, 3.05) is 14.2 Å². The molecule has 1 aliphatic carbocycles. The number of imidazole rings is 2. The van der Waals surface area contributed by atoms with Crippen LogP contribution in [0.3, 0.4) is 0 Å². The van der Waals surface area contributed by atoms with E-state index in [1.54, 1.807) is 6.20 Å². The van der Waals surface area contributed by atoms with Crippen molar-refractivity contribution in [3.05, 3.63) is 82.5 Å². The monoisotopic (exact) mass is 704 g/mol. The van der Waals surface area contributed by atoms with Gasteiger partial charge in [-0.2, -0.15) is 17.2 Å². The van der Waals surface area contributed by atoms with Gasteiger partial charge >= 0.3 is 37.1 Å².